The van der Waals surface area contributed by atoms with Crippen LogP contribution in [0.15, 0.2) is 24.3 Å². The Kier molecular flexibility index (Phi) is 5.72. The highest BCUT2D eigenvalue weighted by atomic mass is 35.5. The van der Waals surface area contributed by atoms with E-state index >= 15 is 0 Å². The van der Waals surface area contributed by atoms with Crippen molar-refractivity contribution < 1.29 is 9.53 Å². The number of rotatable bonds is 4. The molecule has 0 bridgehead atoms. The summed E-state index contributed by atoms with van der Waals surface area (Å²) >= 11 is 5.72. The van der Waals surface area contributed by atoms with Crippen LogP contribution in [0.25, 0.3) is 0 Å². The van der Waals surface area contributed by atoms with Crippen molar-refractivity contribution in [3.63, 3.8) is 0 Å². The minimum absolute atomic E-state index is 0.100. The molecule has 1 N–H and O–H groups in total. The van der Waals surface area contributed by atoms with Crippen LogP contribution in [0.5, 0.6) is 5.75 Å². The number of nitrogens with one attached hydrogen (secondary N) is 1. The lowest BCUT2D eigenvalue weighted by Gasteiger charge is -2.19. The van der Waals surface area contributed by atoms with Gasteiger partial charge in [-0.1, -0.05) is 24.0 Å². The van der Waals surface area contributed by atoms with Crippen LogP contribution in [0.1, 0.15) is 19.4 Å². The molecule has 0 saturated heterocycles. The highest BCUT2D eigenvalue weighted by Gasteiger charge is 2.25. The van der Waals surface area contributed by atoms with Gasteiger partial charge < -0.3 is 10.1 Å². The number of benzene rings is 1. The third-order valence-electron chi connectivity index (χ3n) is 2.62. The van der Waals surface area contributed by atoms with E-state index in [-0.39, 0.29) is 18.3 Å². The van der Waals surface area contributed by atoms with Gasteiger partial charge in [-0.05, 0) is 26.0 Å². The van der Waals surface area contributed by atoms with Gasteiger partial charge in [0.15, 0.2) is 0 Å². The average molecular weight is 280 g/mol. The predicted molar refractivity (Wildman–Crippen MR) is 77.4 cm³/mol. The highest BCUT2D eigenvalue weighted by molar-refractivity contribution is 6.19. The Morgan fingerprint density at radius 2 is 2.11 bits per heavy atom. The lowest BCUT2D eigenvalue weighted by atomic mass is 9.95. The molecule has 0 aliphatic carbocycles. The predicted octanol–water partition coefficient (Wildman–Crippen LogP) is 2.43. The topological polar surface area (TPSA) is 38.3 Å². The Labute approximate surface area is 119 Å². The Balaban J connectivity index is 2.59. The van der Waals surface area contributed by atoms with Crippen LogP contribution in [0.2, 0.25) is 0 Å². The molecular weight excluding hydrogens is 262 g/mol. The summed E-state index contributed by atoms with van der Waals surface area (Å²) < 4.78 is 5.19. The number of ether oxygens (including phenoxy) is 1. The first-order chi connectivity index (χ1) is 9.01. The van der Waals surface area contributed by atoms with E-state index in [1.54, 1.807) is 21.0 Å². The molecule has 0 unspecified atom stereocenters. The molecule has 102 valence electrons. The summed E-state index contributed by atoms with van der Waals surface area (Å²) in [5.41, 5.74) is 0.226. The van der Waals surface area contributed by atoms with Crippen LogP contribution in [-0.4, -0.2) is 25.4 Å². The Bertz CT molecular complexity index is 500. The van der Waals surface area contributed by atoms with E-state index < -0.39 is 5.41 Å². The number of hydrogen-bond donors (Lipinski definition) is 1. The second kappa shape index (κ2) is 7.06. The average Bonchev–Trinajstić information content (AvgIpc) is 2.43. The molecule has 0 aliphatic heterocycles. The summed E-state index contributed by atoms with van der Waals surface area (Å²) in [6, 6.07) is 7.49. The molecule has 19 heavy (non-hydrogen) atoms. The molecule has 1 aromatic rings. The number of methoxy groups -OCH3 is 1. The van der Waals surface area contributed by atoms with Crippen LogP contribution in [0, 0.1) is 17.3 Å². The molecule has 0 saturated carbocycles. The zero-order valence-corrected chi connectivity index (χ0v) is 12.2. The molecule has 0 fully saturated rings. The van der Waals surface area contributed by atoms with Crippen LogP contribution in [-0.2, 0) is 4.79 Å². The molecular formula is C15H18ClNO2. The van der Waals surface area contributed by atoms with Gasteiger partial charge in [0.25, 0.3) is 0 Å². The number of hydrogen-bond acceptors (Lipinski definition) is 2. The Morgan fingerprint density at radius 1 is 1.42 bits per heavy atom. The molecule has 0 heterocycles. The van der Waals surface area contributed by atoms with E-state index in [9.17, 15) is 4.79 Å². The van der Waals surface area contributed by atoms with Gasteiger partial charge >= 0.3 is 0 Å². The molecule has 0 atom stereocenters. The number of carbonyl (C=O) groups excluding carboxylic acids is 1. The molecule has 1 aromatic carbocycles. The first-order valence-electron chi connectivity index (χ1n) is 5.97. The van der Waals surface area contributed by atoms with Gasteiger partial charge in [-0.15, -0.1) is 11.6 Å². The lowest BCUT2D eigenvalue weighted by Crippen LogP contribution is -2.38. The quantitative estimate of drug-likeness (QED) is 0.679. The monoisotopic (exact) mass is 279 g/mol. The van der Waals surface area contributed by atoms with Crippen molar-refractivity contribution in [1.82, 2.24) is 5.32 Å². The summed E-state index contributed by atoms with van der Waals surface area (Å²) in [6.45, 7) is 3.88. The fourth-order valence-electron chi connectivity index (χ4n) is 1.31. The maximum absolute atomic E-state index is 11.7. The van der Waals surface area contributed by atoms with Crippen LogP contribution >= 0.6 is 11.6 Å². The molecule has 3 nitrogen and oxygen atoms in total. The fourth-order valence-corrected chi connectivity index (χ4v) is 1.43. The van der Waals surface area contributed by atoms with Gasteiger partial charge in [0.05, 0.1) is 24.6 Å². The first kappa shape index (κ1) is 15.4. The number of carbonyl (C=O) groups is 1. The number of alkyl halides is 1. The van der Waals surface area contributed by atoms with E-state index in [0.29, 0.717) is 0 Å². The molecule has 1 amide bonds. The van der Waals surface area contributed by atoms with Crippen molar-refractivity contribution in [2.45, 2.75) is 13.8 Å². The van der Waals surface area contributed by atoms with Crippen LogP contribution in [0.4, 0.5) is 0 Å². The third kappa shape index (κ3) is 4.50. The Hall–Kier alpha value is -1.66. The minimum Gasteiger partial charge on any atom is -0.495 e. The van der Waals surface area contributed by atoms with Crippen molar-refractivity contribution in [1.29, 1.82) is 0 Å². The second-order valence-electron chi connectivity index (χ2n) is 4.70. The van der Waals surface area contributed by atoms with Gasteiger partial charge in [-0.25, -0.2) is 0 Å². The summed E-state index contributed by atoms with van der Waals surface area (Å²) in [7, 11) is 1.60. The molecule has 0 spiro atoms. The zero-order valence-electron chi connectivity index (χ0n) is 11.4. The van der Waals surface area contributed by atoms with E-state index in [1.807, 2.05) is 24.3 Å². The summed E-state index contributed by atoms with van der Waals surface area (Å²) in [4.78, 5) is 11.7. The molecule has 0 aromatic heterocycles. The fraction of sp³-hybridized carbons (Fsp3) is 0.400. The second-order valence-corrected chi connectivity index (χ2v) is 4.97. The standard InChI is InChI=1S/C15H18ClNO2/c1-15(2,11-16)14(18)17-10-6-8-12-7-4-5-9-13(12)19-3/h4-5,7,9H,10-11H2,1-3H3,(H,17,18). The van der Waals surface area contributed by atoms with Crippen molar-refractivity contribution >= 4 is 17.5 Å². The summed E-state index contributed by atoms with van der Waals surface area (Å²) in [6.07, 6.45) is 0. The van der Waals surface area contributed by atoms with Crippen LogP contribution < -0.4 is 10.1 Å². The van der Waals surface area contributed by atoms with Gasteiger partial charge in [0, 0.05) is 5.88 Å². The maximum atomic E-state index is 11.7. The number of amides is 1. The lowest BCUT2D eigenvalue weighted by molar-refractivity contribution is -0.128. The molecule has 1 rings (SSSR count). The van der Waals surface area contributed by atoms with Crippen molar-refractivity contribution in [2.24, 2.45) is 5.41 Å². The van der Waals surface area contributed by atoms with E-state index in [2.05, 4.69) is 17.2 Å². The van der Waals surface area contributed by atoms with Gasteiger partial charge in [0.2, 0.25) is 5.91 Å². The smallest absolute Gasteiger partial charge is 0.227 e. The van der Waals surface area contributed by atoms with E-state index in [1.165, 1.54) is 0 Å². The third-order valence-corrected chi connectivity index (χ3v) is 3.28. The molecule has 4 heteroatoms. The number of halogens is 1. The van der Waals surface area contributed by atoms with Gasteiger partial charge in [-0.3, -0.25) is 4.79 Å². The van der Waals surface area contributed by atoms with Gasteiger partial charge in [0.1, 0.15) is 5.75 Å². The molecule has 0 aliphatic rings. The van der Waals surface area contributed by atoms with Crippen molar-refractivity contribution in [3.8, 4) is 17.6 Å². The Morgan fingerprint density at radius 3 is 2.74 bits per heavy atom. The summed E-state index contributed by atoms with van der Waals surface area (Å²) in [5, 5.41) is 2.74. The van der Waals surface area contributed by atoms with Crippen molar-refractivity contribution in [3.05, 3.63) is 29.8 Å². The van der Waals surface area contributed by atoms with E-state index in [0.717, 1.165) is 11.3 Å². The minimum atomic E-state index is -0.576. The largest absolute Gasteiger partial charge is 0.495 e. The zero-order chi connectivity index (χ0) is 14.3. The van der Waals surface area contributed by atoms with Crippen LogP contribution in [0.3, 0.4) is 0 Å². The maximum Gasteiger partial charge on any atom is 0.227 e. The normalized spacial score (nSPS) is 10.3. The van der Waals surface area contributed by atoms with Gasteiger partial charge in [-0.2, -0.15) is 0 Å². The van der Waals surface area contributed by atoms with Crippen molar-refractivity contribution in [2.75, 3.05) is 19.5 Å². The first-order valence-corrected chi connectivity index (χ1v) is 6.51. The SMILES string of the molecule is COc1ccccc1C#CCNC(=O)C(C)(C)CCl. The number of para-hydroxylation sites is 1. The van der Waals surface area contributed by atoms with E-state index in [4.69, 9.17) is 16.3 Å². The summed E-state index contributed by atoms with van der Waals surface area (Å²) in [5.74, 6) is 6.77. The molecule has 0 radical (unpaired) electrons. The highest BCUT2D eigenvalue weighted by Crippen LogP contribution is 2.17.